The average Bonchev–Trinajstić information content (AvgIpc) is 2.47. The molecule has 5 nitrogen and oxygen atoms in total. The van der Waals surface area contributed by atoms with E-state index in [1.165, 1.54) is 0 Å². The number of piperazine rings is 1. The first kappa shape index (κ1) is 14.0. The van der Waals surface area contributed by atoms with Gasteiger partial charge in [-0.2, -0.15) is 0 Å². The number of rotatable bonds is 5. The van der Waals surface area contributed by atoms with Crippen molar-refractivity contribution in [2.75, 3.05) is 26.2 Å². The van der Waals surface area contributed by atoms with Crippen LogP contribution >= 0.6 is 0 Å². The molecular formula is C14H22N4O. The number of pyridine rings is 1. The molecule has 1 unspecified atom stereocenters. The normalized spacial score (nSPS) is 17.9. The maximum Gasteiger partial charge on any atom is 0.221 e. The van der Waals surface area contributed by atoms with Crippen molar-refractivity contribution in [1.29, 1.82) is 0 Å². The van der Waals surface area contributed by atoms with Crippen LogP contribution in [0, 0.1) is 0 Å². The lowest BCUT2D eigenvalue weighted by atomic mass is 10.1. The Kier molecular flexibility index (Phi) is 5.30. The number of nitrogens with one attached hydrogen (secondary N) is 2. The first-order valence-electron chi connectivity index (χ1n) is 6.86. The van der Waals surface area contributed by atoms with Gasteiger partial charge in [-0.3, -0.25) is 14.7 Å². The van der Waals surface area contributed by atoms with Crippen molar-refractivity contribution >= 4 is 5.91 Å². The van der Waals surface area contributed by atoms with Crippen LogP contribution in [0.4, 0.5) is 0 Å². The third kappa shape index (κ3) is 4.61. The molecule has 1 amide bonds. The summed E-state index contributed by atoms with van der Waals surface area (Å²) in [6, 6.07) is 4.14. The molecule has 1 fully saturated rings. The summed E-state index contributed by atoms with van der Waals surface area (Å²) >= 11 is 0. The Bertz CT molecular complexity index is 390. The molecule has 0 radical (unpaired) electrons. The summed E-state index contributed by atoms with van der Waals surface area (Å²) in [6.45, 7) is 6.79. The van der Waals surface area contributed by atoms with Gasteiger partial charge in [-0.25, -0.2) is 0 Å². The van der Waals surface area contributed by atoms with E-state index in [2.05, 4.69) is 27.4 Å². The van der Waals surface area contributed by atoms with Crippen molar-refractivity contribution in [3.8, 4) is 0 Å². The van der Waals surface area contributed by atoms with Gasteiger partial charge in [0.05, 0.1) is 0 Å². The fourth-order valence-corrected chi connectivity index (χ4v) is 2.29. The van der Waals surface area contributed by atoms with Crippen LogP contribution in [0.1, 0.15) is 18.9 Å². The quantitative estimate of drug-likeness (QED) is 0.805. The lowest BCUT2D eigenvalue weighted by Gasteiger charge is -2.32. The van der Waals surface area contributed by atoms with Crippen LogP contribution in [-0.2, 0) is 11.3 Å². The van der Waals surface area contributed by atoms with Crippen molar-refractivity contribution in [3.63, 3.8) is 0 Å². The minimum absolute atomic E-state index is 0.114. The summed E-state index contributed by atoms with van der Waals surface area (Å²) in [7, 11) is 0. The molecule has 104 valence electrons. The standard InChI is InChI=1S/C14H22N4O/c1-12(18-8-6-16-7-9-18)10-14(19)17-11-13-2-4-15-5-3-13/h2-5,12,16H,6-11H2,1H3,(H,17,19). The van der Waals surface area contributed by atoms with E-state index in [4.69, 9.17) is 0 Å². The number of amides is 1. The SMILES string of the molecule is CC(CC(=O)NCc1ccncc1)N1CCNCC1. The van der Waals surface area contributed by atoms with Gasteiger partial charge in [-0.15, -0.1) is 0 Å². The van der Waals surface area contributed by atoms with Gasteiger partial charge in [0, 0.05) is 57.6 Å². The van der Waals surface area contributed by atoms with Crippen LogP contribution in [0.25, 0.3) is 0 Å². The number of aromatic nitrogens is 1. The van der Waals surface area contributed by atoms with Crippen LogP contribution in [0.15, 0.2) is 24.5 Å². The fourth-order valence-electron chi connectivity index (χ4n) is 2.29. The minimum atomic E-state index is 0.114. The zero-order valence-electron chi connectivity index (χ0n) is 11.4. The molecule has 2 N–H and O–H groups in total. The molecule has 5 heteroatoms. The molecule has 2 heterocycles. The predicted molar refractivity (Wildman–Crippen MR) is 74.6 cm³/mol. The fraction of sp³-hybridized carbons (Fsp3) is 0.571. The molecule has 0 saturated carbocycles. The molecule has 0 bridgehead atoms. The second-order valence-corrected chi connectivity index (χ2v) is 4.97. The Morgan fingerprint density at radius 2 is 2.11 bits per heavy atom. The van der Waals surface area contributed by atoms with E-state index >= 15 is 0 Å². The molecule has 0 aromatic carbocycles. The van der Waals surface area contributed by atoms with Gasteiger partial charge in [0.2, 0.25) is 5.91 Å². The summed E-state index contributed by atoms with van der Waals surface area (Å²) < 4.78 is 0. The molecule has 1 aliphatic rings. The number of carbonyl (C=O) groups excluding carboxylic acids is 1. The highest BCUT2D eigenvalue weighted by Gasteiger charge is 2.18. The highest BCUT2D eigenvalue weighted by Crippen LogP contribution is 2.05. The smallest absolute Gasteiger partial charge is 0.221 e. The van der Waals surface area contributed by atoms with Crippen molar-refractivity contribution in [1.82, 2.24) is 20.5 Å². The Balaban J connectivity index is 1.71. The molecule has 1 atom stereocenters. The summed E-state index contributed by atoms with van der Waals surface area (Å²) in [5.41, 5.74) is 1.08. The molecule has 19 heavy (non-hydrogen) atoms. The zero-order chi connectivity index (χ0) is 13.5. The second kappa shape index (κ2) is 7.21. The Labute approximate surface area is 114 Å². The monoisotopic (exact) mass is 262 g/mol. The Hall–Kier alpha value is -1.46. The van der Waals surface area contributed by atoms with Crippen LogP contribution in [0.5, 0.6) is 0 Å². The maximum atomic E-state index is 11.9. The number of nitrogens with zero attached hydrogens (tertiary/aromatic N) is 2. The van der Waals surface area contributed by atoms with Crippen molar-refractivity contribution < 1.29 is 4.79 Å². The van der Waals surface area contributed by atoms with E-state index in [0.29, 0.717) is 19.0 Å². The first-order chi connectivity index (χ1) is 9.25. The number of hydrogen-bond acceptors (Lipinski definition) is 4. The summed E-state index contributed by atoms with van der Waals surface area (Å²) in [5, 5.41) is 6.28. The van der Waals surface area contributed by atoms with Crippen LogP contribution < -0.4 is 10.6 Å². The van der Waals surface area contributed by atoms with Gasteiger partial charge in [0.1, 0.15) is 0 Å². The van der Waals surface area contributed by atoms with Gasteiger partial charge in [-0.05, 0) is 24.6 Å². The van der Waals surface area contributed by atoms with Crippen LogP contribution in [-0.4, -0.2) is 48.0 Å². The maximum absolute atomic E-state index is 11.9. The van der Waals surface area contributed by atoms with Crippen molar-refractivity contribution in [2.45, 2.75) is 25.9 Å². The lowest BCUT2D eigenvalue weighted by Crippen LogP contribution is -2.48. The molecule has 1 aliphatic heterocycles. The average molecular weight is 262 g/mol. The van der Waals surface area contributed by atoms with Gasteiger partial charge < -0.3 is 10.6 Å². The topological polar surface area (TPSA) is 57.3 Å². The summed E-state index contributed by atoms with van der Waals surface area (Å²) in [4.78, 5) is 18.2. The summed E-state index contributed by atoms with van der Waals surface area (Å²) in [5.74, 6) is 0.114. The third-order valence-electron chi connectivity index (χ3n) is 3.49. The molecule has 0 aliphatic carbocycles. The Morgan fingerprint density at radius 1 is 1.42 bits per heavy atom. The largest absolute Gasteiger partial charge is 0.352 e. The van der Waals surface area contributed by atoms with E-state index in [9.17, 15) is 4.79 Å². The zero-order valence-corrected chi connectivity index (χ0v) is 11.4. The van der Waals surface area contributed by atoms with Crippen molar-refractivity contribution in [3.05, 3.63) is 30.1 Å². The lowest BCUT2D eigenvalue weighted by molar-refractivity contribution is -0.122. The van der Waals surface area contributed by atoms with Crippen LogP contribution in [0.3, 0.4) is 0 Å². The van der Waals surface area contributed by atoms with E-state index in [1.54, 1.807) is 12.4 Å². The van der Waals surface area contributed by atoms with Gasteiger partial charge in [-0.1, -0.05) is 0 Å². The molecule has 1 aromatic rings. The first-order valence-corrected chi connectivity index (χ1v) is 6.86. The predicted octanol–water partition coefficient (Wildman–Crippen LogP) is 0.382. The minimum Gasteiger partial charge on any atom is -0.352 e. The van der Waals surface area contributed by atoms with Gasteiger partial charge >= 0.3 is 0 Å². The van der Waals surface area contributed by atoms with Gasteiger partial charge in [0.15, 0.2) is 0 Å². The van der Waals surface area contributed by atoms with E-state index in [-0.39, 0.29) is 5.91 Å². The molecule has 2 rings (SSSR count). The second-order valence-electron chi connectivity index (χ2n) is 4.97. The molecule has 1 saturated heterocycles. The summed E-state index contributed by atoms with van der Waals surface area (Å²) in [6.07, 6.45) is 4.04. The van der Waals surface area contributed by atoms with E-state index in [0.717, 1.165) is 31.7 Å². The molecule has 0 spiro atoms. The highest BCUT2D eigenvalue weighted by atomic mass is 16.1. The molecule has 1 aromatic heterocycles. The van der Waals surface area contributed by atoms with Crippen LogP contribution in [0.2, 0.25) is 0 Å². The Morgan fingerprint density at radius 3 is 2.79 bits per heavy atom. The van der Waals surface area contributed by atoms with Crippen molar-refractivity contribution in [2.24, 2.45) is 0 Å². The number of carbonyl (C=O) groups is 1. The molecular weight excluding hydrogens is 240 g/mol. The van der Waals surface area contributed by atoms with E-state index in [1.807, 2.05) is 12.1 Å². The van der Waals surface area contributed by atoms with Gasteiger partial charge in [0.25, 0.3) is 0 Å². The number of hydrogen-bond donors (Lipinski definition) is 2. The highest BCUT2D eigenvalue weighted by molar-refractivity contribution is 5.76. The third-order valence-corrected chi connectivity index (χ3v) is 3.49. The van der Waals surface area contributed by atoms with E-state index < -0.39 is 0 Å².